The van der Waals surface area contributed by atoms with Crippen LogP contribution in [0.15, 0.2) is 5.16 Å². The molecular formula is C11H17N5O2S. The summed E-state index contributed by atoms with van der Waals surface area (Å²) in [4.78, 5) is 25.7. The van der Waals surface area contributed by atoms with Crippen molar-refractivity contribution in [1.82, 2.24) is 15.0 Å². The summed E-state index contributed by atoms with van der Waals surface area (Å²) in [5.74, 6) is 0.630. The Hall–Kier alpha value is -1.57. The number of thioether (sulfide) groups is 1. The number of methoxy groups -OCH3 is 1. The molecule has 2 rings (SSSR count). The van der Waals surface area contributed by atoms with Crippen LogP contribution < -0.4 is 10.6 Å². The highest BCUT2D eigenvalue weighted by molar-refractivity contribution is 7.99. The number of ether oxygens (including phenoxy) is 1. The van der Waals surface area contributed by atoms with Gasteiger partial charge >= 0.3 is 5.97 Å². The van der Waals surface area contributed by atoms with Crippen LogP contribution in [0.3, 0.4) is 0 Å². The Morgan fingerprint density at radius 1 is 1.32 bits per heavy atom. The van der Waals surface area contributed by atoms with Crippen molar-refractivity contribution in [3.63, 3.8) is 0 Å². The number of nitrogen functional groups attached to an aromatic ring is 1. The van der Waals surface area contributed by atoms with Gasteiger partial charge in [0.15, 0.2) is 5.16 Å². The molecule has 19 heavy (non-hydrogen) atoms. The molecule has 0 saturated carbocycles. The highest BCUT2D eigenvalue weighted by Gasteiger charge is 2.16. The van der Waals surface area contributed by atoms with Crippen LogP contribution in [0.25, 0.3) is 0 Å². The largest absolute Gasteiger partial charge is 0.468 e. The fourth-order valence-electron chi connectivity index (χ4n) is 1.84. The lowest BCUT2D eigenvalue weighted by Gasteiger charge is -2.26. The Kier molecular flexibility index (Phi) is 4.78. The van der Waals surface area contributed by atoms with Crippen molar-refractivity contribution in [2.45, 2.75) is 24.4 Å². The molecule has 1 aromatic heterocycles. The molecule has 7 nitrogen and oxygen atoms in total. The molecule has 0 aromatic carbocycles. The zero-order valence-electron chi connectivity index (χ0n) is 10.8. The van der Waals surface area contributed by atoms with Gasteiger partial charge in [0.25, 0.3) is 0 Å². The van der Waals surface area contributed by atoms with Crippen molar-refractivity contribution in [2.75, 3.05) is 36.6 Å². The molecule has 2 heterocycles. The molecule has 0 spiro atoms. The van der Waals surface area contributed by atoms with Crippen LogP contribution in [-0.4, -0.2) is 46.9 Å². The molecule has 2 N–H and O–H groups in total. The number of carbonyl (C=O) groups is 1. The van der Waals surface area contributed by atoms with Gasteiger partial charge in [0.1, 0.15) is 0 Å². The minimum Gasteiger partial charge on any atom is -0.468 e. The summed E-state index contributed by atoms with van der Waals surface area (Å²) >= 11 is 1.20. The molecule has 1 fully saturated rings. The van der Waals surface area contributed by atoms with E-state index in [4.69, 9.17) is 5.73 Å². The molecule has 0 amide bonds. The monoisotopic (exact) mass is 283 g/mol. The van der Waals surface area contributed by atoms with Gasteiger partial charge in [-0.3, -0.25) is 4.79 Å². The van der Waals surface area contributed by atoms with Crippen LogP contribution in [0, 0.1) is 0 Å². The van der Waals surface area contributed by atoms with Gasteiger partial charge in [-0.25, -0.2) is 0 Å². The number of anilines is 2. The van der Waals surface area contributed by atoms with Gasteiger partial charge in [0.2, 0.25) is 11.9 Å². The summed E-state index contributed by atoms with van der Waals surface area (Å²) in [5, 5.41) is 0.457. The van der Waals surface area contributed by atoms with Gasteiger partial charge in [0, 0.05) is 13.1 Å². The summed E-state index contributed by atoms with van der Waals surface area (Å²) in [6, 6.07) is 0. The summed E-state index contributed by atoms with van der Waals surface area (Å²) in [6.45, 7) is 1.87. The van der Waals surface area contributed by atoms with E-state index in [-0.39, 0.29) is 17.7 Å². The van der Waals surface area contributed by atoms with Crippen LogP contribution in [0.2, 0.25) is 0 Å². The summed E-state index contributed by atoms with van der Waals surface area (Å²) in [6.07, 6.45) is 3.51. The van der Waals surface area contributed by atoms with Crippen molar-refractivity contribution >= 4 is 29.6 Å². The second-order valence-corrected chi connectivity index (χ2v) is 5.13. The summed E-state index contributed by atoms with van der Waals surface area (Å²) in [7, 11) is 1.35. The number of rotatable bonds is 4. The van der Waals surface area contributed by atoms with E-state index in [1.54, 1.807) is 0 Å². The van der Waals surface area contributed by atoms with Crippen molar-refractivity contribution in [1.29, 1.82) is 0 Å². The lowest BCUT2D eigenvalue weighted by Crippen LogP contribution is -2.31. The molecule has 0 aliphatic carbocycles. The first-order valence-corrected chi connectivity index (χ1v) is 7.13. The minimum absolute atomic E-state index is 0.166. The molecule has 0 bridgehead atoms. The third-order valence-corrected chi connectivity index (χ3v) is 3.63. The number of nitrogens with two attached hydrogens (primary N) is 1. The Balaban J connectivity index is 2.07. The van der Waals surface area contributed by atoms with Gasteiger partial charge < -0.3 is 15.4 Å². The fraction of sp³-hybridized carbons (Fsp3) is 0.636. The Morgan fingerprint density at radius 3 is 2.74 bits per heavy atom. The number of carbonyl (C=O) groups excluding carboxylic acids is 1. The first kappa shape index (κ1) is 13.9. The van der Waals surface area contributed by atoms with Crippen LogP contribution in [0.4, 0.5) is 11.9 Å². The molecule has 1 aromatic rings. The quantitative estimate of drug-likeness (QED) is 0.637. The van der Waals surface area contributed by atoms with E-state index in [1.165, 1.54) is 25.3 Å². The Bertz CT molecular complexity index is 451. The van der Waals surface area contributed by atoms with E-state index >= 15 is 0 Å². The molecule has 1 aliphatic heterocycles. The predicted molar refractivity (Wildman–Crippen MR) is 73.0 cm³/mol. The van der Waals surface area contributed by atoms with E-state index < -0.39 is 0 Å². The van der Waals surface area contributed by atoms with E-state index in [2.05, 4.69) is 24.6 Å². The standard InChI is InChI=1S/C11H17N5O2S/c1-18-8(17)7-19-11-14-9(12)13-10(15-11)16-5-3-2-4-6-16/h2-7H2,1H3,(H2,12,13,14,15). The number of esters is 1. The highest BCUT2D eigenvalue weighted by Crippen LogP contribution is 2.20. The maximum absolute atomic E-state index is 11.1. The van der Waals surface area contributed by atoms with Crippen molar-refractivity contribution in [3.05, 3.63) is 0 Å². The number of aromatic nitrogens is 3. The fourth-order valence-corrected chi connectivity index (χ4v) is 2.51. The zero-order valence-corrected chi connectivity index (χ0v) is 11.7. The summed E-state index contributed by atoms with van der Waals surface area (Å²) in [5.41, 5.74) is 5.69. The average Bonchev–Trinajstić information content (AvgIpc) is 2.45. The van der Waals surface area contributed by atoms with Gasteiger partial charge in [-0.1, -0.05) is 11.8 Å². The molecule has 8 heteroatoms. The predicted octanol–water partition coefficient (Wildman–Crippen LogP) is 0.709. The molecule has 1 saturated heterocycles. The van der Waals surface area contributed by atoms with Crippen LogP contribution in [-0.2, 0) is 9.53 Å². The van der Waals surface area contributed by atoms with Crippen molar-refractivity contribution in [2.24, 2.45) is 0 Å². The molecule has 104 valence electrons. The van der Waals surface area contributed by atoms with E-state index in [0.717, 1.165) is 25.9 Å². The smallest absolute Gasteiger partial charge is 0.316 e. The van der Waals surface area contributed by atoms with Gasteiger partial charge in [-0.15, -0.1) is 0 Å². The molecule has 0 radical (unpaired) electrons. The third kappa shape index (κ3) is 3.95. The van der Waals surface area contributed by atoms with E-state index in [1.807, 2.05) is 0 Å². The Labute approximate surface area is 116 Å². The van der Waals surface area contributed by atoms with Crippen molar-refractivity contribution in [3.8, 4) is 0 Å². The summed E-state index contributed by atoms with van der Waals surface area (Å²) < 4.78 is 4.58. The van der Waals surface area contributed by atoms with Crippen LogP contribution in [0.5, 0.6) is 0 Å². The number of nitrogens with zero attached hydrogens (tertiary/aromatic N) is 4. The van der Waals surface area contributed by atoms with Crippen LogP contribution in [0.1, 0.15) is 19.3 Å². The van der Waals surface area contributed by atoms with Gasteiger partial charge in [-0.2, -0.15) is 15.0 Å². The highest BCUT2D eigenvalue weighted by atomic mass is 32.2. The number of hydrogen-bond donors (Lipinski definition) is 1. The molecule has 0 unspecified atom stereocenters. The lowest BCUT2D eigenvalue weighted by atomic mass is 10.1. The third-order valence-electron chi connectivity index (χ3n) is 2.81. The molecule has 1 aliphatic rings. The van der Waals surface area contributed by atoms with E-state index in [0.29, 0.717) is 11.1 Å². The molecular weight excluding hydrogens is 266 g/mol. The average molecular weight is 283 g/mol. The maximum atomic E-state index is 11.1. The second kappa shape index (κ2) is 6.55. The van der Waals surface area contributed by atoms with Gasteiger partial charge in [0.05, 0.1) is 12.9 Å². The number of hydrogen-bond acceptors (Lipinski definition) is 8. The lowest BCUT2D eigenvalue weighted by molar-refractivity contribution is -0.137. The van der Waals surface area contributed by atoms with E-state index in [9.17, 15) is 4.79 Å². The zero-order chi connectivity index (χ0) is 13.7. The SMILES string of the molecule is COC(=O)CSc1nc(N)nc(N2CCCCC2)n1. The van der Waals surface area contributed by atoms with Gasteiger partial charge in [-0.05, 0) is 19.3 Å². The van der Waals surface area contributed by atoms with Crippen molar-refractivity contribution < 1.29 is 9.53 Å². The molecule has 0 atom stereocenters. The second-order valence-electron chi connectivity index (χ2n) is 4.19. The minimum atomic E-state index is -0.316. The maximum Gasteiger partial charge on any atom is 0.316 e. The normalized spacial score (nSPS) is 15.3. The Morgan fingerprint density at radius 2 is 2.05 bits per heavy atom. The number of piperidine rings is 1. The van der Waals surface area contributed by atoms with Crippen LogP contribution >= 0.6 is 11.8 Å². The first-order chi connectivity index (χ1) is 9.19. The topological polar surface area (TPSA) is 94.2 Å². The first-order valence-electron chi connectivity index (χ1n) is 6.15.